The van der Waals surface area contributed by atoms with Crippen molar-refractivity contribution in [3.63, 3.8) is 0 Å². The quantitative estimate of drug-likeness (QED) is 0.888. The van der Waals surface area contributed by atoms with Crippen LogP contribution in [0.3, 0.4) is 0 Å². The van der Waals surface area contributed by atoms with Gasteiger partial charge in [-0.25, -0.2) is 0 Å². The average Bonchev–Trinajstić information content (AvgIpc) is 2.46. The Kier molecular flexibility index (Phi) is 3.74. The van der Waals surface area contributed by atoms with Crippen LogP contribution in [0.4, 0.5) is 5.69 Å². The summed E-state index contributed by atoms with van der Waals surface area (Å²) in [5, 5.41) is 0. The van der Waals surface area contributed by atoms with E-state index in [4.69, 9.17) is 5.73 Å². The van der Waals surface area contributed by atoms with Crippen LogP contribution < -0.4 is 10.6 Å². The van der Waals surface area contributed by atoms with Crippen molar-refractivity contribution >= 4 is 5.69 Å². The number of rotatable bonds is 2. The molecule has 1 saturated carbocycles. The van der Waals surface area contributed by atoms with Crippen LogP contribution in [0.15, 0.2) is 12.3 Å². The summed E-state index contributed by atoms with van der Waals surface area (Å²) in [5.41, 5.74) is 9.49. The SMILES string of the molecule is Cc1cc(N2CCC3CCCCC3C2)c(CN)cn1. The zero-order valence-electron chi connectivity index (χ0n) is 11.9. The molecule has 1 aliphatic heterocycles. The number of hydrogen-bond acceptors (Lipinski definition) is 3. The molecular weight excluding hydrogens is 234 g/mol. The molecule has 0 bridgehead atoms. The van der Waals surface area contributed by atoms with E-state index in [-0.39, 0.29) is 0 Å². The molecule has 2 aliphatic rings. The summed E-state index contributed by atoms with van der Waals surface area (Å²) in [6.07, 6.45) is 9.06. The minimum atomic E-state index is 0.590. The third-order valence-corrected chi connectivity index (χ3v) is 4.95. The molecular formula is C16H25N3. The monoisotopic (exact) mass is 259 g/mol. The van der Waals surface area contributed by atoms with Crippen LogP contribution >= 0.6 is 0 Å². The maximum absolute atomic E-state index is 5.87. The second kappa shape index (κ2) is 5.49. The minimum absolute atomic E-state index is 0.590. The van der Waals surface area contributed by atoms with Gasteiger partial charge in [-0.3, -0.25) is 4.98 Å². The Balaban J connectivity index is 1.80. The third kappa shape index (κ3) is 2.62. The van der Waals surface area contributed by atoms with Crippen molar-refractivity contribution in [3.8, 4) is 0 Å². The van der Waals surface area contributed by atoms with Gasteiger partial charge in [-0.2, -0.15) is 0 Å². The van der Waals surface area contributed by atoms with Crippen LogP contribution in [-0.4, -0.2) is 18.1 Å². The Bertz CT molecular complexity index is 444. The maximum Gasteiger partial charge on any atom is 0.0445 e. The number of aromatic nitrogens is 1. The van der Waals surface area contributed by atoms with Gasteiger partial charge in [0.2, 0.25) is 0 Å². The van der Waals surface area contributed by atoms with E-state index in [2.05, 4.69) is 22.9 Å². The summed E-state index contributed by atoms with van der Waals surface area (Å²) < 4.78 is 0. The molecule has 2 heterocycles. The normalized spacial score (nSPS) is 27.2. The molecule has 19 heavy (non-hydrogen) atoms. The van der Waals surface area contributed by atoms with E-state index >= 15 is 0 Å². The van der Waals surface area contributed by atoms with Gasteiger partial charge in [0.25, 0.3) is 0 Å². The topological polar surface area (TPSA) is 42.1 Å². The molecule has 0 spiro atoms. The number of hydrogen-bond donors (Lipinski definition) is 1. The summed E-state index contributed by atoms with van der Waals surface area (Å²) in [7, 11) is 0. The number of piperidine rings is 1. The van der Waals surface area contributed by atoms with E-state index in [9.17, 15) is 0 Å². The molecule has 2 fully saturated rings. The zero-order chi connectivity index (χ0) is 13.2. The first kappa shape index (κ1) is 12.9. The molecule has 2 N–H and O–H groups in total. The highest BCUT2D eigenvalue weighted by atomic mass is 15.1. The number of nitrogens with zero attached hydrogens (tertiary/aromatic N) is 2. The fraction of sp³-hybridized carbons (Fsp3) is 0.688. The standard InChI is InChI=1S/C16H25N3/c1-12-8-16(15(9-17)10-18-12)19-7-6-13-4-2-3-5-14(13)11-19/h8,10,13-14H,2-7,9,11,17H2,1H3. The second-order valence-corrected chi connectivity index (χ2v) is 6.20. The van der Waals surface area contributed by atoms with Gasteiger partial charge in [-0.05, 0) is 37.7 Å². The summed E-state index contributed by atoms with van der Waals surface area (Å²) in [4.78, 5) is 6.94. The fourth-order valence-electron chi connectivity index (χ4n) is 3.85. The van der Waals surface area contributed by atoms with Crippen molar-refractivity contribution in [3.05, 3.63) is 23.5 Å². The highest BCUT2D eigenvalue weighted by Gasteiger charge is 2.31. The molecule has 3 nitrogen and oxygen atoms in total. The van der Waals surface area contributed by atoms with E-state index in [0.29, 0.717) is 6.54 Å². The van der Waals surface area contributed by atoms with Gasteiger partial charge >= 0.3 is 0 Å². The van der Waals surface area contributed by atoms with Crippen LogP contribution in [0.5, 0.6) is 0 Å². The molecule has 0 radical (unpaired) electrons. The van der Waals surface area contributed by atoms with Crippen molar-refractivity contribution in [1.82, 2.24) is 4.98 Å². The van der Waals surface area contributed by atoms with Gasteiger partial charge in [0.1, 0.15) is 0 Å². The lowest BCUT2D eigenvalue weighted by molar-refractivity contribution is 0.202. The van der Waals surface area contributed by atoms with E-state index in [1.54, 1.807) is 0 Å². The first-order valence-electron chi connectivity index (χ1n) is 7.68. The smallest absolute Gasteiger partial charge is 0.0445 e. The number of aryl methyl sites for hydroxylation is 1. The van der Waals surface area contributed by atoms with Gasteiger partial charge in [0.05, 0.1) is 0 Å². The van der Waals surface area contributed by atoms with Crippen molar-refractivity contribution in [1.29, 1.82) is 0 Å². The van der Waals surface area contributed by atoms with E-state index in [1.807, 2.05) is 6.20 Å². The summed E-state index contributed by atoms with van der Waals surface area (Å²) in [5.74, 6) is 1.89. The number of pyridine rings is 1. The summed E-state index contributed by atoms with van der Waals surface area (Å²) in [6.45, 7) is 5.07. The van der Waals surface area contributed by atoms with Gasteiger partial charge in [-0.15, -0.1) is 0 Å². The number of fused-ring (bicyclic) bond motifs is 1. The summed E-state index contributed by atoms with van der Waals surface area (Å²) in [6, 6.07) is 2.21. The second-order valence-electron chi connectivity index (χ2n) is 6.20. The number of anilines is 1. The minimum Gasteiger partial charge on any atom is -0.371 e. The van der Waals surface area contributed by atoms with Crippen LogP contribution in [0.25, 0.3) is 0 Å². The van der Waals surface area contributed by atoms with Crippen molar-refractivity contribution in [2.45, 2.75) is 45.6 Å². The average molecular weight is 259 g/mol. The predicted octanol–water partition coefficient (Wildman–Crippen LogP) is 2.87. The Morgan fingerprint density at radius 3 is 2.84 bits per heavy atom. The predicted molar refractivity (Wildman–Crippen MR) is 79.1 cm³/mol. The maximum atomic E-state index is 5.87. The molecule has 3 rings (SSSR count). The van der Waals surface area contributed by atoms with E-state index in [1.165, 1.54) is 56.4 Å². The Hall–Kier alpha value is -1.09. The largest absolute Gasteiger partial charge is 0.371 e. The molecule has 1 aliphatic carbocycles. The molecule has 104 valence electrons. The molecule has 1 aromatic rings. The van der Waals surface area contributed by atoms with Gasteiger partial charge in [-0.1, -0.05) is 19.3 Å². The van der Waals surface area contributed by atoms with E-state index in [0.717, 1.165) is 17.5 Å². The molecule has 0 amide bonds. The van der Waals surface area contributed by atoms with Crippen LogP contribution in [0, 0.1) is 18.8 Å². The van der Waals surface area contributed by atoms with Crippen LogP contribution in [0.1, 0.15) is 43.4 Å². The lowest BCUT2D eigenvalue weighted by Gasteiger charge is -2.42. The lowest BCUT2D eigenvalue weighted by Crippen LogP contribution is -2.42. The molecule has 2 unspecified atom stereocenters. The molecule has 1 aromatic heterocycles. The first-order chi connectivity index (χ1) is 9.28. The third-order valence-electron chi connectivity index (χ3n) is 4.95. The Morgan fingerprint density at radius 2 is 2.05 bits per heavy atom. The lowest BCUT2D eigenvalue weighted by atomic mass is 9.75. The van der Waals surface area contributed by atoms with Crippen molar-refractivity contribution in [2.24, 2.45) is 17.6 Å². The van der Waals surface area contributed by atoms with Crippen LogP contribution in [-0.2, 0) is 6.54 Å². The molecule has 0 aromatic carbocycles. The van der Waals surface area contributed by atoms with Gasteiger partial charge in [0.15, 0.2) is 0 Å². The molecule has 2 atom stereocenters. The summed E-state index contributed by atoms with van der Waals surface area (Å²) >= 11 is 0. The Morgan fingerprint density at radius 1 is 1.26 bits per heavy atom. The van der Waals surface area contributed by atoms with Gasteiger partial charge < -0.3 is 10.6 Å². The molecule has 3 heteroatoms. The first-order valence-corrected chi connectivity index (χ1v) is 7.68. The Labute approximate surface area is 116 Å². The number of nitrogens with two attached hydrogens (primary N) is 1. The van der Waals surface area contributed by atoms with Crippen molar-refractivity contribution in [2.75, 3.05) is 18.0 Å². The molecule has 1 saturated heterocycles. The zero-order valence-corrected chi connectivity index (χ0v) is 11.9. The van der Waals surface area contributed by atoms with Crippen LogP contribution in [0.2, 0.25) is 0 Å². The van der Waals surface area contributed by atoms with Gasteiger partial charge in [0, 0.05) is 42.8 Å². The van der Waals surface area contributed by atoms with E-state index < -0.39 is 0 Å². The fourth-order valence-corrected chi connectivity index (χ4v) is 3.85. The highest BCUT2D eigenvalue weighted by Crippen LogP contribution is 2.38. The highest BCUT2D eigenvalue weighted by molar-refractivity contribution is 5.54. The van der Waals surface area contributed by atoms with Crippen molar-refractivity contribution < 1.29 is 0 Å².